The Morgan fingerprint density at radius 1 is 0.939 bits per heavy atom. The van der Waals surface area contributed by atoms with E-state index in [4.69, 9.17) is 21.7 Å². The Hall–Kier alpha value is -3.84. The molecule has 0 radical (unpaired) electrons. The maximum absolute atomic E-state index is 13.7. The van der Waals surface area contributed by atoms with Crippen LogP contribution in [0.2, 0.25) is 0 Å². The monoisotopic (exact) mass is 459 g/mol. The van der Waals surface area contributed by atoms with Crippen LogP contribution >= 0.6 is 12.2 Å². The predicted octanol–water partition coefficient (Wildman–Crippen LogP) is 4.58. The van der Waals surface area contributed by atoms with Crippen molar-refractivity contribution in [2.24, 2.45) is 0 Å². The molecule has 4 rings (SSSR count). The van der Waals surface area contributed by atoms with Crippen LogP contribution in [0, 0.1) is 6.92 Å². The van der Waals surface area contributed by atoms with Crippen LogP contribution in [0.4, 0.5) is 5.69 Å². The molecule has 1 aliphatic heterocycles. The van der Waals surface area contributed by atoms with Gasteiger partial charge in [-0.3, -0.25) is 4.79 Å². The van der Waals surface area contributed by atoms with Crippen molar-refractivity contribution in [3.8, 4) is 11.5 Å². The van der Waals surface area contributed by atoms with E-state index in [1.165, 1.54) is 0 Å². The molecule has 0 bridgehead atoms. The fourth-order valence-corrected chi connectivity index (χ4v) is 3.98. The number of benzene rings is 3. The van der Waals surface area contributed by atoms with Gasteiger partial charge in [-0.15, -0.1) is 0 Å². The highest BCUT2D eigenvalue weighted by Crippen LogP contribution is 2.36. The number of amides is 1. The molecule has 3 N–H and O–H groups in total. The predicted molar refractivity (Wildman–Crippen MR) is 134 cm³/mol. The Kier molecular flexibility index (Phi) is 6.60. The van der Waals surface area contributed by atoms with Crippen LogP contribution in [-0.4, -0.2) is 25.2 Å². The summed E-state index contributed by atoms with van der Waals surface area (Å²) in [5.41, 5.74) is 4.68. The van der Waals surface area contributed by atoms with Gasteiger partial charge in [0.15, 0.2) is 16.6 Å². The van der Waals surface area contributed by atoms with Gasteiger partial charge < -0.3 is 25.4 Å². The minimum atomic E-state index is -0.501. The summed E-state index contributed by atoms with van der Waals surface area (Å²) in [6.07, 6.45) is 0. The van der Waals surface area contributed by atoms with Crippen molar-refractivity contribution in [1.82, 2.24) is 10.6 Å². The highest BCUT2D eigenvalue weighted by molar-refractivity contribution is 7.80. The fourth-order valence-electron chi connectivity index (χ4n) is 3.76. The van der Waals surface area contributed by atoms with Crippen molar-refractivity contribution in [1.29, 1.82) is 0 Å². The quantitative estimate of drug-likeness (QED) is 0.469. The summed E-state index contributed by atoms with van der Waals surface area (Å²) in [5.74, 6) is 0.941. The molecule has 0 saturated heterocycles. The lowest BCUT2D eigenvalue weighted by atomic mass is 9.91. The third kappa shape index (κ3) is 4.83. The van der Waals surface area contributed by atoms with Gasteiger partial charge in [-0.05, 0) is 54.5 Å². The zero-order chi connectivity index (χ0) is 23.4. The molecular weight excluding hydrogens is 434 g/mol. The molecule has 0 aromatic heterocycles. The van der Waals surface area contributed by atoms with E-state index in [1.807, 2.05) is 79.7 Å². The highest BCUT2D eigenvalue weighted by Gasteiger charge is 2.32. The minimum absolute atomic E-state index is 0.236. The van der Waals surface area contributed by atoms with Crippen molar-refractivity contribution in [2.45, 2.75) is 13.0 Å². The second kappa shape index (κ2) is 9.75. The first-order valence-electron chi connectivity index (χ1n) is 10.5. The van der Waals surface area contributed by atoms with Crippen LogP contribution in [0.5, 0.6) is 11.5 Å². The van der Waals surface area contributed by atoms with Gasteiger partial charge in [0.1, 0.15) is 0 Å². The standard InChI is InChI=1S/C26H25N3O3S/c1-16-9-12-19(13-10-16)27-25(30)22-23(17-7-5-4-6-8-17)28-26(33)29-24(22)18-11-14-20(31-2)21(15-18)32-3/h4-15,24H,1-3H3,(H,27,30)(H2,28,29,33)/t24-/m0/s1. The van der Waals surface area contributed by atoms with Gasteiger partial charge in [0.05, 0.1) is 31.5 Å². The van der Waals surface area contributed by atoms with Crippen LogP contribution in [0.15, 0.2) is 78.4 Å². The number of anilines is 1. The zero-order valence-electron chi connectivity index (χ0n) is 18.6. The summed E-state index contributed by atoms with van der Waals surface area (Å²) in [4.78, 5) is 13.7. The zero-order valence-corrected chi connectivity index (χ0v) is 19.5. The molecule has 6 nitrogen and oxygen atoms in total. The lowest BCUT2D eigenvalue weighted by molar-refractivity contribution is -0.113. The smallest absolute Gasteiger partial charge is 0.256 e. The SMILES string of the molecule is COc1ccc([C@@H]2NC(=S)NC(c3ccccc3)=C2C(=O)Nc2ccc(C)cc2)cc1OC. The molecule has 3 aromatic carbocycles. The van der Waals surface area contributed by atoms with Gasteiger partial charge >= 0.3 is 0 Å². The van der Waals surface area contributed by atoms with Crippen LogP contribution < -0.4 is 25.4 Å². The number of aryl methyl sites for hydroxylation is 1. The lowest BCUT2D eigenvalue weighted by Crippen LogP contribution is -2.45. The van der Waals surface area contributed by atoms with E-state index in [1.54, 1.807) is 14.2 Å². The molecule has 3 aromatic rings. The molecule has 0 fully saturated rings. The topological polar surface area (TPSA) is 71.6 Å². The van der Waals surface area contributed by atoms with E-state index in [0.29, 0.717) is 33.6 Å². The number of nitrogens with one attached hydrogen (secondary N) is 3. The normalized spacial score (nSPS) is 15.4. The van der Waals surface area contributed by atoms with E-state index < -0.39 is 6.04 Å². The molecule has 1 aliphatic rings. The molecule has 1 atom stereocenters. The largest absolute Gasteiger partial charge is 0.493 e. The number of ether oxygens (including phenoxy) is 2. The number of thiocarbonyl (C=S) groups is 1. The van der Waals surface area contributed by atoms with Crippen molar-refractivity contribution in [2.75, 3.05) is 19.5 Å². The van der Waals surface area contributed by atoms with E-state index >= 15 is 0 Å². The second-order valence-corrected chi connectivity index (χ2v) is 8.03. The van der Waals surface area contributed by atoms with Crippen molar-refractivity contribution < 1.29 is 14.3 Å². The first kappa shape index (κ1) is 22.4. The summed E-state index contributed by atoms with van der Waals surface area (Å²) in [7, 11) is 3.17. The molecule has 1 heterocycles. The van der Waals surface area contributed by atoms with Crippen LogP contribution in [-0.2, 0) is 4.79 Å². The van der Waals surface area contributed by atoms with E-state index in [0.717, 1.165) is 16.7 Å². The number of carbonyl (C=O) groups is 1. The van der Waals surface area contributed by atoms with Gasteiger partial charge in [0.25, 0.3) is 5.91 Å². The molecule has 0 spiro atoms. The number of rotatable bonds is 6. The Labute approximate surface area is 198 Å². The first-order valence-corrected chi connectivity index (χ1v) is 10.9. The van der Waals surface area contributed by atoms with Crippen molar-refractivity contribution >= 4 is 34.6 Å². The van der Waals surface area contributed by atoms with Gasteiger partial charge in [-0.1, -0.05) is 54.1 Å². The molecule has 0 saturated carbocycles. The van der Waals surface area contributed by atoms with Crippen LogP contribution in [0.1, 0.15) is 22.7 Å². The summed E-state index contributed by atoms with van der Waals surface area (Å²) >= 11 is 5.51. The molecule has 0 aliphatic carbocycles. The maximum atomic E-state index is 13.7. The molecular formula is C26H25N3O3S. The first-order chi connectivity index (χ1) is 16.0. The number of hydrogen-bond donors (Lipinski definition) is 3. The maximum Gasteiger partial charge on any atom is 0.256 e. The third-order valence-corrected chi connectivity index (χ3v) is 5.65. The van der Waals surface area contributed by atoms with E-state index in [9.17, 15) is 4.79 Å². The number of carbonyl (C=O) groups excluding carboxylic acids is 1. The summed E-state index contributed by atoms with van der Waals surface area (Å²) in [5, 5.41) is 9.90. The number of methoxy groups -OCH3 is 2. The molecule has 7 heteroatoms. The molecule has 168 valence electrons. The Morgan fingerprint density at radius 2 is 1.64 bits per heavy atom. The average Bonchev–Trinajstić information content (AvgIpc) is 2.84. The summed E-state index contributed by atoms with van der Waals surface area (Å²) in [6.45, 7) is 2.00. The van der Waals surface area contributed by atoms with Crippen LogP contribution in [0.25, 0.3) is 5.70 Å². The average molecular weight is 460 g/mol. The molecule has 0 unspecified atom stereocenters. The Morgan fingerprint density at radius 3 is 2.30 bits per heavy atom. The summed E-state index contributed by atoms with van der Waals surface area (Å²) < 4.78 is 10.9. The van der Waals surface area contributed by atoms with E-state index in [-0.39, 0.29) is 5.91 Å². The van der Waals surface area contributed by atoms with Crippen molar-refractivity contribution in [3.63, 3.8) is 0 Å². The van der Waals surface area contributed by atoms with Gasteiger partial charge in [0.2, 0.25) is 0 Å². The minimum Gasteiger partial charge on any atom is -0.493 e. The van der Waals surface area contributed by atoms with Crippen LogP contribution in [0.3, 0.4) is 0 Å². The Balaban J connectivity index is 1.84. The van der Waals surface area contributed by atoms with E-state index in [2.05, 4.69) is 16.0 Å². The van der Waals surface area contributed by atoms with Gasteiger partial charge in [0, 0.05) is 5.69 Å². The molecule has 1 amide bonds. The number of hydrogen-bond acceptors (Lipinski definition) is 4. The van der Waals surface area contributed by atoms with Gasteiger partial charge in [-0.25, -0.2) is 0 Å². The highest BCUT2D eigenvalue weighted by atomic mass is 32.1. The summed E-state index contributed by atoms with van der Waals surface area (Å²) in [6, 6.07) is 22.4. The lowest BCUT2D eigenvalue weighted by Gasteiger charge is -2.32. The third-order valence-electron chi connectivity index (χ3n) is 5.43. The molecule has 33 heavy (non-hydrogen) atoms. The van der Waals surface area contributed by atoms with Crippen molar-refractivity contribution in [3.05, 3.63) is 95.1 Å². The fraction of sp³-hybridized carbons (Fsp3) is 0.154. The Bertz CT molecular complexity index is 1210. The van der Waals surface area contributed by atoms with Gasteiger partial charge in [-0.2, -0.15) is 0 Å². The second-order valence-electron chi connectivity index (χ2n) is 7.62.